The van der Waals surface area contributed by atoms with Crippen molar-refractivity contribution in [2.24, 2.45) is 57.2 Å². The van der Waals surface area contributed by atoms with Crippen LogP contribution in [0.3, 0.4) is 0 Å². The number of hydrogen-bond acceptors (Lipinski definition) is 0. The molecule has 5 aliphatic carbocycles. The quantitative estimate of drug-likeness (QED) is 0.387. The van der Waals surface area contributed by atoms with Gasteiger partial charge in [-0.05, 0) is 128 Å². The summed E-state index contributed by atoms with van der Waals surface area (Å²) in [5, 5.41) is 0. The first-order valence-electron chi connectivity index (χ1n) is 14.2. The fraction of sp³-hybridized carbons (Fsp3) is 0.935. The lowest BCUT2D eigenvalue weighted by Gasteiger charge is -2.72. The van der Waals surface area contributed by atoms with E-state index in [4.69, 9.17) is 0 Å². The summed E-state index contributed by atoms with van der Waals surface area (Å²) in [7, 11) is 0. The van der Waals surface area contributed by atoms with Crippen molar-refractivity contribution in [3.8, 4) is 0 Å². The van der Waals surface area contributed by atoms with E-state index in [2.05, 4.69) is 54.5 Å². The van der Waals surface area contributed by atoms with Gasteiger partial charge in [-0.2, -0.15) is 0 Å². The van der Waals surface area contributed by atoms with Crippen molar-refractivity contribution in [3.05, 3.63) is 11.6 Å². The second-order valence-electron chi connectivity index (χ2n) is 14.4. The van der Waals surface area contributed by atoms with Crippen molar-refractivity contribution >= 4 is 0 Å². The summed E-state index contributed by atoms with van der Waals surface area (Å²) in [6.07, 6.45) is 20.3. The van der Waals surface area contributed by atoms with Crippen molar-refractivity contribution in [1.82, 2.24) is 0 Å². The average Bonchev–Trinajstić information content (AvgIpc) is 2.72. The highest BCUT2D eigenvalue weighted by atomic mass is 14.7. The van der Waals surface area contributed by atoms with Crippen molar-refractivity contribution in [2.45, 2.75) is 126 Å². The first kappa shape index (κ1) is 22.5. The molecule has 0 amide bonds. The van der Waals surface area contributed by atoms with Crippen LogP contribution >= 0.6 is 0 Å². The molecule has 0 aromatic rings. The van der Waals surface area contributed by atoms with E-state index in [1.165, 1.54) is 77.0 Å². The molecule has 10 atom stereocenters. The molecule has 0 bridgehead atoms. The Balaban J connectivity index is 1.47. The van der Waals surface area contributed by atoms with Crippen molar-refractivity contribution in [2.75, 3.05) is 0 Å². The Morgan fingerprint density at radius 3 is 2.35 bits per heavy atom. The van der Waals surface area contributed by atoms with Gasteiger partial charge in [0.15, 0.2) is 0 Å². The Labute approximate surface area is 194 Å². The molecule has 4 fully saturated rings. The highest BCUT2D eigenvalue weighted by molar-refractivity contribution is 5.20. The summed E-state index contributed by atoms with van der Waals surface area (Å²) >= 11 is 0. The molecule has 0 saturated heterocycles. The SMILES string of the molecule is CCCC1CCC2(C)C(CCC3(C)C2CCC2C4CC(C)=CCC4(C)CC[C@]23C)C1C. The maximum atomic E-state index is 2.81. The Morgan fingerprint density at radius 2 is 1.61 bits per heavy atom. The van der Waals surface area contributed by atoms with Crippen LogP contribution in [0.25, 0.3) is 0 Å². The van der Waals surface area contributed by atoms with Crippen molar-refractivity contribution in [1.29, 1.82) is 0 Å². The van der Waals surface area contributed by atoms with Gasteiger partial charge < -0.3 is 0 Å². The standard InChI is InChI=1S/C31H52/c1-8-9-23-13-16-29(5)24(22(23)3)14-17-31(7)27(29)11-10-25-26-20-21(2)12-15-28(26,4)18-19-30(25,31)6/h12,22-27H,8-11,13-20H2,1-7H3/t22?,23?,24?,25?,26?,27?,28?,29?,30-,31?/m1/s1. The third-order valence-electron chi connectivity index (χ3n) is 13.4. The summed E-state index contributed by atoms with van der Waals surface area (Å²) in [5.74, 6) is 5.82. The molecule has 0 aromatic carbocycles. The van der Waals surface area contributed by atoms with Crippen LogP contribution in [0.4, 0.5) is 0 Å². The Morgan fingerprint density at radius 1 is 0.839 bits per heavy atom. The minimum Gasteiger partial charge on any atom is -0.0850 e. The summed E-state index contributed by atoms with van der Waals surface area (Å²) < 4.78 is 0. The molecule has 0 radical (unpaired) electrons. The van der Waals surface area contributed by atoms with Crippen molar-refractivity contribution < 1.29 is 0 Å². The molecule has 31 heavy (non-hydrogen) atoms. The summed E-state index contributed by atoms with van der Waals surface area (Å²) in [5.41, 5.74) is 4.01. The maximum Gasteiger partial charge on any atom is -0.0235 e. The fourth-order valence-electron chi connectivity index (χ4n) is 11.3. The number of allylic oxidation sites excluding steroid dienone is 2. The number of rotatable bonds is 2. The smallest absolute Gasteiger partial charge is 0.0235 e. The lowest BCUT2D eigenvalue weighted by atomic mass is 9.32. The Bertz CT molecular complexity index is 732. The van der Waals surface area contributed by atoms with E-state index in [1.54, 1.807) is 5.57 Å². The number of hydrogen-bond donors (Lipinski definition) is 0. The van der Waals surface area contributed by atoms with Gasteiger partial charge in [0.05, 0.1) is 0 Å². The molecule has 0 aliphatic heterocycles. The highest BCUT2D eigenvalue weighted by Gasteiger charge is 2.67. The lowest BCUT2D eigenvalue weighted by molar-refractivity contribution is -0.232. The van der Waals surface area contributed by atoms with Gasteiger partial charge in [0.1, 0.15) is 0 Å². The molecule has 0 nitrogen and oxygen atoms in total. The van der Waals surface area contributed by atoms with Gasteiger partial charge in [0.25, 0.3) is 0 Å². The van der Waals surface area contributed by atoms with Gasteiger partial charge in [-0.3, -0.25) is 0 Å². The molecule has 9 unspecified atom stereocenters. The molecule has 0 spiro atoms. The molecular formula is C31H52. The van der Waals surface area contributed by atoms with Crippen LogP contribution in [-0.2, 0) is 0 Å². The first-order valence-corrected chi connectivity index (χ1v) is 14.2. The zero-order valence-electron chi connectivity index (χ0n) is 22.0. The van der Waals surface area contributed by atoms with E-state index in [1.807, 2.05) is 0 Å². The molecule has 0 heterocycles. The van der Waals surface area contributed by atoms with Crippen LogP contribution < -0.4 is 0 Å². The topological polar surface area (TPSA) is 0 Å². The second-order valence-corrected chi connectivity index (χ2v) is 14.4. The predicted octanol–water partition coefficient (Wildman–Crippen LogP) is 9.44. The van der Waals surface area contributed by atoms with Crippen LogP contribution in [0.2, 0.25) is 0 Å². The van der Waals surface area contributed by atoms with Gasteiger partial charge >= 0.3 is 0 Å². The van der Waals surface area contributed by atoms with Gasteiger partial charge in [-0.1, -0.05) is 66.0 Å². The number of fused-ring (bicyclic) bond motifs is 7. The molecular weight excluding hydrogens is 372 g/mol. The molecule has 0 heteroatoms. The fourth-order valence-corrected chi connectivity index (χ4v) is 11.3. The predicted molar refractivity (Wildman–Crippen MR) is 134 cm³/mol. The van der Waals surface area contributed by atoms with Crippen molar-refractivity contribution in [3.63, 3.8) is 0 Å². The molecule has 4 saturated carbocycles. The zero-order chi connectivity index (χ0) is 22.2. The normalized spacial score (nSPS) is 56.5. The van der Waals surface area contributed by atoms with E-state index in [0.29, 0.717) is 21.7 Å². The van der Waals surface area contributed by atoms with Crippen LogP contribution in [0, 0.1) is 57.2 Å². The van der Waals surface area contributed by atoms with Crippen LogP contribution in [0.1, 0.15) is 126 Å². The lowest BCUT2D eigenvalue weighted by Crippen LogP contribution is -2.65. The Kier molecular flexibility index (Phi) is 5.35. The first-order chi connectivity index (χ1) is 14.6. The maximum absolute atomic E-state index is 2.81. The summed E-state index contributed by atoms with van der Waals surface area (Å²) in [4.78, 5) is 0. The third kappa shape index (κ3) is 2.97. The molecule has 0 aromatic heterocycles. The summed E-state index contributed by atoms with van der Waals surface area (Å²) in [6, 6.07) is 0. The van der Waals surface area contributed by atoms with Gasteiger partial charge in [0, 0.05) is 0 Å². The molecule has 5 aliphatic rings. The highest BCUT2D eigenvalue weighted by Crippen LogP contribution is 2.75. The molecule has 5 rings (SSSR count). The third-order valence-corrected chi connectivity index (χ3v) is 13.4. The summed E-state index contributed by atoms with van der Waals surface area (Å²) in [6.45, 7) is 18.5. The Hall–Kier alpha value is -0.260. The largest absolute Gasteiger partial charge is 0.0850 e. The van der Waals surface area contributed by atoms with Gasteiger partial charge in [-0.15, -0.1) is 0 Å². The van der Waals surface area contributed by atoms with E-state index < -0.39 is 0 Å². The monoisotopic (exact) mass is 424 g/mol. The van der Waals surface area contributed by atoms with Crippen LogP contribution in [-0.4, -0.2) is 0 Å². The van der Waals surface area contributed by atoms with E-state index in [-0.39, 0.29) is 0 Å². The second kappa shape index (κ2) is 7.37. The van der Waals surface area contributed by atoms with Crippen LogP contribution in [0.15, 0.2) is 11.6 Å². The van der Waals surface area contributed by atoms with Gasteiger partial charge in [-0.25, -0.2) is 0 Å². The van der Waals surface area contributed by atoms with Gasteiger partial charge in [0.2, 0.25) is 0 Å². The van der Waals surface area contributed by atoms with E-state index in [0.717, 1.165) is 35.5 Å². The zero-order valence-corrected chi connectivity index (χ0v) is 22.0. The minimum absolute atomic E-state index is 0.564. The molecule has 176 valence electrons. The molecule has 0 N–H and O–H groups in total. The van der Waals surface area contributed by atoms with E-state index >= 15 is 0 Å². The minimum atomic E-state index is 0.564. The van der Waals surface area contributed by atoms with Crippen LogP contribution in [0.5, 0.6) is 0 Å². The average molecular weight is 425 g/mol. The van der Waals surface area contributed by atoms with E-state index in [9.17, 15) is 0 Å².